The van der Waals surface area contributed by atoms with Crippen molar-refractivity contribution in [2.24, 2.45) is 0 Å². The van der Waals surface area contributed by atoms with Gasteiger partial charge in [-0.15, -0.1) is 0 Å². The maximum Gasteiger partial charge on any atom is 0.255 e. The van der Waals surface area contributed by atoms with Crippen molar-refractivity contribution in [2.45, 2.75) is 27.0 Å². The molecule has 1 heterocycles. The highest BCUT2D eigenvalue weighted by Crippen LogP contribution is 2.15. The van der Waals surface area contributed by atoms with Gasteiger partial charge in [-0.25, -0.2) is 4.68 Å². The van der Waals surface area contributed by atoms with Gasteiger partial charge < -0.3 is 14.8 Å². The van der Waals surface area contributed by atoms with E-state index in [0.29, 0.717) is 17.9 Å². The van der Waals surface area contributed by atoms with E-state index < -0.39 is 0 Å². The fourth-order valence-corrected chi connectivity index (χ4v) is 2.53. The number of nitrogens with one attached hydrogen (secondary N) is 1. The Labute approximate surface area is 158 Å². The van der Waals surface area contributed by atoms with Crippen LogP contribution < -0.4 is 14.8 Å². The third-order valence-corrected chi connectivity index (χ3v) is 4.01. The molecule has 6 heteroatoms. The Hall–Kier alpha value is -3.28. The van der Waals surface area contributed by atoms with Crippen molar-refractivity contribution < 1.29 is 14.3 Å². The Morgan fingerprint density at radius 1 is 1.00 bits per heavy atom. The van der Waals surface area contributed by atoms with Crippen molar-refractivity contribution in [3.63, 3.8) is 0 Å². The van der Waals surface area contributed by atoms with Gasteiger partial charge >= 0.3 is 0 Å². The highest BCUT2D eigenvalue weighted by Gasteiger charge is 2.08. The van der Waals surface area contributed by atoms with Crippen molar-refractivity contribution in [3.8, 4) is 11.5 Å². The molecule has 0 bridgehead atoms. The van der Waals surface area contributed by atoms with E-state index in [9.17, 15) is 4.79 Å². The van der Waals surface area contributed by atoms with Crippen LogP contribution in [-0.4, -0.2) is 22.3 Å². The summed E-state index contributed by atoms with van der Waals surface area (Å²) in [4.78, 5) is 12.3. The van der Waals surface area contributed by atoms with E-state index in [0.717, 1.165) is 17.9 Å². The molecule has 1 N–H and O–H groups in total. The molecule has 0 spiro atoms. The van der Waals surface area contributed by atoms with Crippen LogP contribution >= 0.6 is 0 Å². The van der Waals surface area contributed by atoms with Crippen LogP contribution in [0.1, 0.15) is 29.8 Å². The molecular weight excluding hydrogens is 342 g/mol. The molecule has 1 amide bonds. The van der Waals surface area contributed by atoms with Gasteiger partial charge in [0.25, 0.3) is 5.91 Å². The topological polar surface area (TPSA) is 65.4 Å². The Balaban J connectivity index is 1.54. The number of carbonyl (C=O) groups is 1. The minimum Gasteiger partial charge on any atom is -0.494 e. The number of benzene rings is 2. The highest BCUT2D eigenvalue weighted by molar-refractivity contribution is 6.04. The number of aromatic nitrogens is 2. The van der Waals surface area contributed by atoms with E-state index in [4.69, 9.17) is 9.47 Å². The van der Waals surface area contributed by atoms with Gasteiger partial charge in [0.2, 0.25) is 0 Å². The number of amides is 1. The van der Waals surface area contributed by atoms with E-state index in [-0.39, 0.29) is 12.6 Å². The molecule has 27 heavy (non-hydrogen) atoms. The number of hydrogen-bond acceptors (Lipinski definition) is 4. The van der Waals surface area contributed by atoms with E-state index >= 15 is 0 Å². The van der Waals surface area contributed by atoms with Crippen molar-refractivity contribution in [1.29, 1.82) is 0 Å². The molecule has 0 aliphatic heterocycles. The fraction of sp³-hybridized carbons (Fsp3) is 0.238. The number of ether oxygens (including phenoxy) is 2. The fourth-order valence-electron chi connectivity index (χ4n) is 2.53. The number of anilines is 1. The molecule has 0 atom stereocenters. The van der Waals surface area contributed by atoms with Crippen molar-refractivity contribution >= 4 is 11.6 Å². The molecule has 2 aromatic carbocycles. The van der Waals surface area contributed by atoms with E-state index in [1.165, 1.54) is 5.56 Å². The van der Waals surface area contributed by atoms with Crippen LogP contribution in [0.5, 0.6) is 11.5 Å². The monoisotopic (exact) mass is 365 g/mol. The molecule has 0 radical (unpaired) electrons. The van der Waals surface area contributed by atoms with E-state index in [1.54, 1.807) is 41.3 Å². The van der Waals surface area contributed by atoms with Gasteiger partial charge in [0.1, 0.15) is 11.5 Å². The van der Waals surface area contributed by atoms with Crippen molar-refractivity contribution in [2.75, 3.05) is 11.9 Å². The van der Waals surface area contributed by atoms with Gasteiger partial charge in [-0.05, 0) is 55.3 Å². The van der Waals surface area contributed by atoms with Crippen LogP contribution in [0.4, 0.5) is 5.69 Å². The lowest BCUT2D eigenvalue weighted by Gasteiger charge is -2.07. The zero-order valence-corrected chi connectivity index (χ0v) is 15.5. The molecule has 3 aromatic rings. The van der Waals surface area contributed by atoms with Crippen molar-refractivity contribution in [3.05, 3.63) is 72.1 Å². The van der Waals surface area contributed by atoms with Crippen LogP contribution in [0.2, 0.25) is 0 Å². The Morgan fingerprint density at radius 3 is 2.33 bits per heavy atom. The van der Waals surface area contributed by atoms with Crippen LogP contribution in [0.15, 0.2) is 60.9 Å². The second-order valence-electron chi connectivity index (χ2n) is 5.95. The highest BCUT2D eigenvalue weighted by atomic mass is 16.5. The third-order valence-electron chi connectivity index (χ3n) is 4.01. The summed E-state index contributed by atoms with van der Waals surface area (Å²) < 4.78 is 12.7. The second kappa shape index (κ2) is 8.89. The lowest BCUT2D eigenvalue weighted by Crippen LogP contribution is -2.11. The number of hydrogen-bond donors (Lipinski definition) is 1. The minimum atomic E-state index is -0.200. The summed E-state index contributed by atoms with van der Waals surface area (Å²) in [5, 5.41) is 7.03. The summed E-state index contributed by atoms with van der Waals surface area (Å²) in [7, 11) is 0. The van der Waals surface area contributed by atoms with Crippen LogP contribution in [-0.2, 0) is 13.2 Å². The van der Waals surface area contributed by atoms with Crippen LogP contribution in [0, 0.1) is 0 Å². The molecule has 0 aliphatic rings. The number of aryl methyl sites for hydroxylation is 1. The predicted molar refractivity (Wildman–Crippen MR) is 104 cm³/mol. The van der Waals surface area contributed by atoms with Crippen molar-refractivity contribution in [1.82, 2.24) is 9.78 Å². The molecule has 3 rings (SSSR count). The van der Waals surface area contributed by atoms with Gasteiger partial charge in [-0.1, -0.05) is 19.1 Å². The molecule has 0 aliphatic carbocycles. The number of nitrogens with zero attached hydrogens (tertiary/aromatic N) is 2. The average molecular weight is 365 g/mol. The quantitative estimate of drug-likeness (QED) is 0.652. The van der Waals surface area contributed by atoms with Gasteiger partial charge in [-0.2, -0.15) is 5.10 Å². The summed E-state index contributed by atoms with van der Waals surface area (Å²) in [6.45, 7) is 4.89. The lowest BCUT2D eigenvalue weighted by molar-refractivity contribution is 0.102. The number of rotatable bonds is 8. The molecule has 0 unspecified atom stereocenters. The zero-order chi connectivity index (χ0) is 19.1. The third kappa shape index (κ3) is 5.10. The summed E-state index contributed by atoms with van der Waals surface area (Å²) in [6.07, 6.45) is 4.32. The minimum absolute atomic E-state index is 0.200. The molecule has 0 fully saturated rings. The molecular formula is C21H23N3O3. The second-order valence-corrected chi connectivity index (χ2v) is 5.95. The number of carbonyl (C=O) groups excluding carboxylic acids is 1. The summed E-state index contributed by atoms with van der Waals surface area (Å²) in [5.74, 6) is 1.32. The Kier molecular flexibility index (Phi) is 6.10. The largest absolute Gasteiger partial charge is 0.494 e. The Bertz CT molecular complexity index is 870. The Morgan fingerprint density at radius 2 is 1.67 bits per heavy atom. The molecule has 0 saturated carbocycles. The average Bonchev–Trinajstić information content (AvgIpc) is 3.15. The van der Waals surface area contributed by atoms with Gasteiger partial charge in [0.15, 0.2) is 6.73 Å². The summed E-state index contributed by atoms with van der Waals surface area (Å²) in [5.41, 5.74) is 2.43. The standard InChI is InChI=1S/C21H23N3O3/c1-3-16-5-9-20(10-6-16)27-15-24-14-18(13-22-24)23-21(25)17-7-11-19(12-8-17)26-4-2/h5-14H,3-4,15H2,1-2H3,(H,23,25). The SMILES string of the molecule is CCOc1ccc(C(=O)Nc2cnn(COc3ccc(CC)cc3)c2)cc1. The lowest BCUT2D eigenvalue weighted by atomic mass is 10.2. The zero-order valence-electron chi connectivity index (χ0n) is 15.5. The maximum absolute atomic E-state index is 12.3. The predicted octanol–water partition coefficient (Wildman–Crippen LogP) is 4.13. The molecule has 6 nitrogen and oxygen atoms in total. The maximum atomic E-state index is 12.3. The normalized spacial score (nSPS) is 10.4. The first kappa shape index (κ1) is 18.5. The van der Waals surface area contributed by atoms with Crippen LogP contribution in [0.25, 0.3) is 0 Å². The summed E-state index contributed by atoms with van der Waals surface area (Å²) >= 11 is 0. The summed E-state index contributed by atoms with van der Waals surface area (Å²) in [6, 6.07) is 15.0. The van der Waals surface area contributed by atoms with E-state index in [2.05, 4.69) is 17.3 Å². The van der Waals surface area contributed by atoms with Crippen LogP contribution in [0.3, 0.4) is 0 Å². The van der Waals surface area contributed by atoms with E-state index in [1.807, 2.05) is 31.2 Å². The molecule has 0 saturated heterocycles. The first-order chi connectivity index (χ1) is 13.2. The van der Waals surface area contributed by atoms with Gasteiger partial charge in [0, 0.05) is 5.56 Å². The first-order valence-corrected chi connectivity index (χ1v) is 8.96. The first-order valence-electron chi connectivity index (χ1n) is 8.96. The molecule has 1 aromatic heterocycles. The van der Waals surface area contributed by atoms with Gasteiger partial charge in [-0.3, -0.25) is 4.79 Å². The van der Waals surface area contributed by atoms with Gasteiger partial charge in [0.05, 0.1) is 24.7 Å². The smallest absolute Gasteiger partial charge is 0.255 e. The molecule has 140 valence electrons.